The van der Waals surface area contributed by atoms with Crippen molar-refractivity contribution in [3.05, 3.63) is 54.1 Å². The zero-order valence-corrected chi connectivity index (χ0v) is 12.1. The molecule has 0 fully saturated rings. The van der Waals surface area contributed by atoms with Crippen LogP contribution >= 0.6 is 0 Å². The fraction of sp³-hybridized carbons (Fsp3) is 0. The van der Waals surface area contributed by atoms with Gasteiger partial charge in [0.1, 0.15) is 11.4 Å². The second-order valence-electron chi connectivity index (χ2n) is 3.24. The summed E-state index contributed by atoms with van der Waals surface area (Å²) in [5.41, 5.74) is -0.931. The van der Waals surface area contributed by atoms with E-state index in [0.29, 0.717) is 0 Å². The van der Waals surface area contributed by atoms with Gasteiger partial charge in [0.05, 0.1) is 5.97 Å². The molecule has 0 saturated heterocycles. The van der Waals surface area contributed by atoms with E-state index in [1.807, 2.05) is 0 Å². The zero-order chi connectivity index (χ0) is 13.0. The number of hydrogen-bond acceptors (Lipinski definition) is 6. The topological polar surface area (TPSA) is 92.2 Å². The SMILES string of the molecule is O=C([O-])c1nccnc1C(=O)Oc1ccccc1.[Na+]. The Morgan fingerprint density at radius 3 is 2.16 bits per heavy atom. The van der Waals surface area contributed by atoms with Gasteiger partial charge in [-0.2, -0.15) is 0 Å². The summed E-state index contributed by atoms with van der Waals surface area (Å²) in [6.07, 6.45) is 2.36. The van der Waals surface area contributed by atoms with Crippen LogP contribution in [-0.2, 0) is 0 Å². The van der Waals surface area contributed by atoms with Crippen molar-refractivity contribution in [2.24, 2.45) is 0 Å². The van der Waals surface area contributed by atoms with Crippen LogP contribution in [0, 0.1) is 0 Å². The molecule has 2 rings (SSSR count). The second-order valence-corrected chi connectivity index (χ2v) is 3.24. The molecule has 0 amide bonds. The molecule has 0 aliphatic heterocycles. The van der Waals surface area contributed by atoms with E-state index in [0.717, 1.165) is 6.20 Å². The molecule has 90 valence electrons. The Labute approximate surface area is 130 Å². The monoisotopic (exact) mass is 266 g/mol. The predicted octanol–water partition coefficient (Wildman–Crippen LogP) is -2.94. The second kappa shape index (κ2) is 6.98. The molecule has 0 aliphatic rings. The van der Waals surface area contributed by atoms with Crippen LogP contribution in [0.15, 0.2) is 42.7 Å². The molecule has 2 aromatic rings. The number of carbonyl (C=O) groups excluding carboxylic acids is 2. The van der Waals surface area contributed by atoms with Crippen molar-refractivity contribution in [3.63, 3.8) is 0 Å². The summed E-state index contributed by atoms with van der Waals surface area (Å²) in [6.45, 7) is 0. The molecule has 0 bridgehead atoms. The summed E-state index contributed by atoms with van der Waals surface area (Å²) in [6, 6.07) is 8.24. The van der Waals surface area contributed by atoms with Crippen LogP contribution in [0.5, 0.6) is 5.75 Å². The fourth-order valence-corrected chi connectivity index (χ4v) is 1.28. The minimum absolute atomic E-state index is 0. The van der Waals surface area contributed by atoms with Crippen molar-refractivity contribution in [3.8, 4) is 5.75 Å². The first-order chi connectivity index (χ1) is 8.68. The number of carboxylic acid groups (broad SMARTS) is 1. The van der Waals surface area contributed by atoms with Crippen LogP contribution in [0.3, 0.4) is 0 Å². The molecule has 0 aliphatic carbocycles. The number of rotatable bonds is 3. The van der Waals surface area contributed by atoms with Crippen LogP contribution in [0.25, 0.3) is 0 Å². The Morgan fingerprint density at radius 2 is 1.58 bits per heavy atom. The number of carboxylic acids is 1. The fourth-order valence-electron chi connectivity index (χ4n) is 1.28. The van der Waals surface area contributed by atoms with E-state index in [-0.39, 0.29) is 41.0 Å². The third kappa shape index (κ3) is 3.85. The molecule has 1 heterocycles. The number of benzene rings is 1. The number of aromatic nitrogens is 2. The largest absolute Gasteiger partial charge is 1.00 e. The molecule has 19 heavy (non-hydrogen) atoms. The Morgan fingerprint density at radius 1 is 1.00 bits per heavy atom. The summed E-state index contributed by atoms with van der Waals surface area (Å²) in [7, 11) is 0. The zero-order valence-electron chi connectivity index (χ0n) is 10.1. The van der Waals surface area contributed by atoms with Crippen LogP contribution in [0.1, 0.15) is 21.0 Å². The first-order valence-electron chi connectivity index (χ1n) is 4.98. The van der Waals surface area contributed by atoms with Gasteiger partial charge in [0.15, 0.2) is 5.69 Å². The maximum absolute atomic E-state index is 11.7. The van der Waals surface area contributed by atoms with E-state index < -0.39 is 17.6 Å². The maximum atomic E-state index is 11.7. The number of nitrogens with zero attached hydrogens (tertiary/aromatic N) is 2. The number of para-hydroxylation sites is 1. The Kier molecular flexibility index (Phi) is 5.62. The molecule has 6 nitrogen and oxygen atoms in total. The van der Waals surface area contributed by atoms with Gasteiger partial charge in [-0.25, -0.2) is 9.78 Å². The quantitative estimate of drug-likeness (QED) is 0.335. The van der Waals surface area contributed by atoms with E-state index in [4.69, 9.17) is 4.74 Å². The summed E-state index contributed by atoms with van der Waals surface area (Å²) in [5, 5.41) is 10.8. The summed E-state index contributed by atoms with van der Waals surface area (Å²) in [4.78, 5) is 29.6. The van der Waals surface area contributed by atoms with Crippen molar-refractivity contribution >= 4 is 11.9 Å². The molecule has 0 N–H and O–H groups in total. The van der Waals surface area contributed by atoms with Gasteiger partial charge in [0.25, 0.3) is 0 Å². The van der Waals surface area contributed by atoms with E-state index in [1.54, 1.807) is 30.3 Å². The number of aromatic carboxylic acids is 1. The smallest absolute Gasteiger partial charge is 0.543 e. The van der Waals surface area contributed by atoms with Gasteiger partial charge in [0, 0.05) is 12.4 Å². The van der Waals surface area contributed by atoms with Crippen molar-refractivity contribution in [1.29, 1.82) is 0 Å². The van der Waals surface area contributed by atoms with Crippen LogP contribution in [-0.4, -0.2) is 21.9 Å². The van der Waals surface area contributed by atoms with Gasteiger partial charge in [-0.15, -0.1) is 0 Å². The standard InChI is InChI=1S/C12H8N2O4.Na/c15-11(16)9-10(14-7-6-13-9)12(17)18-8-4-2-1-3-5-8;/h1-7H,(H,15,16);/q;+1/p-1. The van der Waals surface area contributed by atoms with Gasteiger partial charge in [-0.1, -0.05) is 18.2 Å². The van der Waals surface area contributed by atoms with E-state index >= 15 is 0 Å². The predicted molar refractivity (Wildman–Crippen MR) is 57.8 cm³/mol. The molecule has 0 spiro atoms. The van der Waals surface area contributed by atoms with E-state index in [9.17, 15) is 14.7 Å². The molecule has 1 aromatic heterocycles. The van der Waals surface area contributed by atoms with Gasteiger partial charge >= 0.3 is 35.5 Å². The molecule has 0 unspecified atom stereocenters. The van der Waals surface area contributed by atoms with Gasteiger partial charge in [-0.05, 0) is 12.1 Å². The van der Waals surface area contributed by atoms with Crippen LogP contribution in [0.4, 0.5) is 0 Å². The molecule has 0 atom stereocenters. The molecular formula is C12H7N2NaO4. The Balaban J connectivity index is 0.00000180. The Bertz CT molecular complexity index is 589. The van der Waals surface area contributed by atoms with Gasteiger partial charge in [0.2, 0.25) is 0 Å². The minimum atomic E-state index is -1.58. The summed E-state index contributed by atoms with van der Waals surface area (Å²) in [5.74, 6) is -2.19. The average Bonchev–Trinajstić information content (AvgIpc) is 2.40. The molecule has 7 heteroatoms. The maximum Gasteiger partial charge on any atom is 1.00 e. The number of ether oxygens (including phenoxy) is 1. The van der Waals surface area contributed by atoms with Crippen molar-refractivity contribution < 1.29 is 49.0 Å². The average molecular weight is 266 g/mol. The first kappa shape index (κ1) is 15.3. The summed E-state index contributed by atoms with van der Waals surface area (Å²) < 4.78 is 4.96. The number of hydrogen-bond donors (Lipinski definition) is 0. The normalized spacial score (nSPS) is 9.26. The Hall–Kier alpha value is -1.76. The molecule has 1 aromatic carbocycles. The van der Waals surface area contributed by atoms with Crippen molar-refractivity contribution in [1.82, 2.24) is 9.97 Å². The third-order valence-electron chi connectivity index (χ3n) is 2.04. The third-order valence-corrected chi connectivity index (χ3v) is 2.04. The van der Waals surface area contributed by atoms with Gasteiger partial charge < -0.3 is 14.6 Å². The van der Waals surface area contributed by atoms with Crippen molar-refractivity contribution in [2.45, 2.75) is 0 Å². The number of esters is 1. The minimum Gasteiger partial charge on any atom is -0.543 e. The van der Waals surface area contributed by atoms with Crippen molar-refractivity contribution in [2.75, 3.05) is 0 Å². The van der Waals surface area contributed by atoms with Crippen LogP contribution < -0.4 is 39.4 Å². The van der Waals surface area contributed by atoms with Crippen LogP contribution in [0.2, 0.25) is 0 Å². The number of carbonyl (C=O) groups is 2. The van der Waals surface area contributed by atoms with Gasteiger partial charge in [-0.3, -0.25) is 4.98 Å². The first-order valence-corrected chi connectivity index (χ1v) is 4.98. The molecular weight excluding hydrogens is 259 g/mol. The molecule has 0 radical (unpaired) electrons. The molecule has 0 saturated carbocycles. The van der Waals surface area contributed by atoms with E-state index in [1.165, 1.54) is 6.20 Å². The summed E-state index contributed by atoms with van der Waals surface area (Å²) >= 11 is 0. The van der Waals surface area contributed by atoms with E-state index in [2.05, 4.69) is 9.97 Å².